The zero-order valence-corrected chi connectivity index (χ0v) is 1.85. The van der Waals surface area contributed by atoms with Gasteiger partial charge in [0.15, 0.2) is 0 Å². The van der Waals surface area contributed by atoms with E-state index in [4.69, 9.17) is 10.0 Å². The van der Waals surface area contributed by atoms with Crippen molar-refractivity contribution >= 4 is 68.9 Å². The van der Waals surface area contributed by atoms with E-state index in [2.05, 4.69) is 0 Å². The molecular weight excluding hydrogens is 110 g/mol. The van der Waals surface area contributed by atoms with Crippen LogP contribution in [0.2, 0.25) is 0 Å². The van der Waals surface area contributed by atoms with Crippen LogP contribution >= 0.6 is 0 Å². The van der Waals surface area contributed by atoms with Crippen LogP contribution < -0.4 is 0 Å². The van der Waals surface area contributed by atoms with Crippen molar-refractivity contribution in [2.45, 2.75) is 0 Å². The van der Waals surface area contributed by atoms with Crippen LogP contribution in [0.25, 0.3) is 0 Å². The first-order valence-electron chi connectivity index (χ1n) is 0.735. The fraction of sp³-hybridized carbons (Fsp3) is 0. The van der Waals surface area contributed by atoms with Crippen molar-refractivity contribution in [3.63, 3.8) is 0 Å². The van der Waals surface area contributed by atoms with E-state index in [1.54, 1.807) is 0 Å². The van der Waals surface area contributed by atoms with Gasteiger partial charge in [0.05, 0.1) is 0 Å². The quantitative estimate of drug-likeness (QED) is 0.339. The molecule has 0 aromatic rings. The van der Waals surface area contributed by atoms with E-state index in [1.165, 1.54) is 0 Å². The topological polar surface area (TPSA) is 40.5 Å². The van der Waals surface area contributed by atoms with Crippen LogP contribution in [0.3, 0.4) is 0 Å². The fourth-order valence-electron chi connectivity index (χ4n) is 0. The van der Waals surface area contributed by atoms with Crippen molar-refractivity contribution < 1.29 is 14.4 Å². The maximum absolute atomic E-state index is 10.1. The van der Waals surface area contributed by atoms with Crippen molar-refractivity contribution in [1.29, 1.82) is 0 Å². The third-order valence-electron chi connectivity index (χ3n) is 0. The Kier molecular flexibility index (Phi) is 25.7. The van der Waals surface area contributed by atoms with Crippen molar-refractivity contribution in [1.82, 2.24) is 0 Å². The molecule has 2 N–H and O–H groups in total. The molecule has 0 aromatic carbocycles. The van der Waals surface area contributed by atoms with E-state index in [0.717, 1.165) is 0 Å². The first-order chi connectivity index (χ1) is 1.73. The Hall–Kier alpha value is 1.72. The Morgan fingerprint density at radius 3 is 1.33 bits per heavy atom. The molecule has 0 aliphatic rings. The molecule has 0 saturated heterocycles. The van der Waals surface area contributed by atoms with Gasteiger partial charge in [-0.2, -0.15) is 0 Å². The summed E-state index contributed by atoms with van der Waals surface area (Å²) in [4.78, 5) is 0. The van der Waals surface area contributed by atoms with Gasteiger partial charge in [0.2, 0.25) is 0 Å². The average molecular weight is 115 g/mol. The van der Waals surface area contributed by atoms with Crippen LogP contribution in [0.4, 0.5) is 4.32 Å². The SMILES string of the molecule is OB(O)F.[BeH2].[KH]. The summed E-state index contributed by atoms with van der Waals surface area (Å²) in [5.41, 5.74) is 0. The Bertz CT molecular complexity index is 18.3. The third kappa shape index (κ3) is 43.1. The molecule has 0 aliphatic carbocycles. The maximum atomic E-state index is 10.1. The predicted molar refractivity (Wildman–Crippen MR) is 27.0 cm³/mol. The molecule has 30 valence electrons. The first kappa shape index (κ1) is 15.6. The molecule has 0 spiro atoms. The van der Waals surface area contributed by atoms with Gasteiger partial charge in [-0.3, -0.25) is 4.32 Å². The van der Waals surface area contributed by atoms with E-state index in [1.807, 2.05) is 0 Å². The molecule has 0 rings (SSSR count). The summed E-state index contributed by atoms with van der Waals surface area (Å²) in [6.07, 6.45) is 0. The van der Waals surface area contributed by atoms with E-state index in [0.29, 0.717) is 0 Å². The second-order valence-electron chi connectivity index (χ2n) is 0.311. The summed E-state index contributed by atoms with van der Waals surface area (Å²) in [6, 6.07) is 0. The molecule has 6 heavy (non-hydrogen) atoms. The molecule has 0 fully saturated rings. The molecule has 0 bridgehead atoms. The van der Waals surface area contributed by atoms with Crippen LogP contribution in [0, 0.1) is 0 Å². The minimum absolute atomic E-state index is 0. The monoisotopic (exact) mass is 115 g/mol. The molecule has 6 heteroatoms. The van der Waals surface area contributed by atoms with Gasteiger partial charge in [-0.05, 0) is 0 Å². The van der Waals surface area contributed by atoms with Gasteiger partial charge in [-0.15, -0.1) is 0 Å². The Morgan fingerprint density at radius 2 is 1.33 bits per heavy atom. The molecule has 0 saturated carbocycles. The standard InChI is InChI=1S/BFH2O2.Be.K.3H/c2-1(3)4;;;;;/h3-4H;;;;;. The average Bonchev–Trinajstić information content (AvgIpc) is 0.811. The predicted octanol–water partition coefficient (Wildman–Crippen LogP) is -2.64. The molecule has 0 aliphatic heterocycles. The first-order valence-corrected chi connectivity index (χ1v) is 0.735. The molecule has 0 aromatic heterocycles. The Balaban J connectivity index is -0.0000000450. The van der Waals surface area contributed by atoms with Gasteiger partial charge in [-0.25, -0.2) is 0 Å². The van der Waals surface area contributed by atoms with Crippen molar-refractivity contribution in [2.24, 2.45) is 0 Å². The zero-order chi connectivity index (χ0) is 3.58. The second kappa shape index (κ2) is 9.87. The summed E-state index contributed by atoms with van der Waals surface area (Å²) in [7, 11) is -2.67. The van der Waals surface area contributed by atoms with Gasteiger partial charge in [0, 0.05) is 0 Å². The van der Waals surface area contributed by atoms with Crippen molar-refractivity contribution in [2.75, 3.05) is 0 Å². The normalized spacial score (nSPS) is 4.50. The van der Waals surface area contributed by atoms with E-state index < -0.39 is 7.40 Å². The minimum atomic E-state index is -2.67. The van der Waals surface area contributed by atoms with Crippen molar-refractivity contribution in [3.8, 4) is 0 Å². The van der Waals surface area contributed by atoms with Crippen LogP contribution in [-0.4, -0.2) is 78.9 Å². The fourth-order valence-corrected chi connectivity index (χ4v) is 0. The number of halogens is 1. The summed E-state index contributed by atoms with van der Waals surface area (Å²) in [6.45, 7) is 0. The van der Waals surface area contributed by atoms with E-state index >= 15 is 0 Å². The molecule has 0 atom stereocenters. The number of rotatable bonds is 0. The van der Waals surface area contributed by atoms with Crippen molar-refractivity contribution in [3.05, 3.63) is 0 Å². The summed E-state index contributed by atoms with van der Waals surface area (Å²) in [5.74, 6) is 0. The van der Waals surface area contributed by atoms with E-state index in [9.17, 15) is 4.32 Å². The molecular formula is H5BBeFKO2. The molecule has 2 nitrogen and oxygen atoms in total. The Morgan fingerprint density at radius 1 is 1.33 bits per heavy atom. The summed E-state index contributed by atoms with van der Waals surface area (Å²) >= 11 is 0. The summed E-state index contributed by atoms with van der Waals surface area (Å²) < 4.78 is 10.1. The van der Waals surface area contributed by atoms with Gasteiger partial charge < -0.3 is 10.0 Å². The molecule has 0 radical (unpaired) electrons. The zero-order valence-electron chi connectivity index (χ0n) is 1.85. The van der Waals surface area contributed by atoms with Gasteiger partial charge in [-0.1, -0.05) is 0 Å². The molecule has 0 unspecified atom stereocenters. The van der Waals surface area contributed by atoms with Gasteiger partial charge in [0.25, 0.3) is 0 Å². The number of hydrogen-bond acceptors (Lipinski definition) is 2. The number of hydrogen-bond donors (Lipinski definition) is 2. The van der Waals surface area contributed by atoms with E-state index in [-0.39, 0.29) is 61.5 Å². The van der Waals surface area contributed by atoms with Crippen LogP contribution in [-0.2, 0) is 0 Å². The Labute approximate surface area is 82.0 Å². The molecule has 0 amide bonds. The van der Waals surface area contributed by atoms with Gasteiger partial charge in [0.1, 0.15) is 0 Å². The van der Waals surface area contributed by atoms with Gasteiger partial charge >= 0.3 is 68.9 Å². The second-order valence-corrected chi connectivity index (χ2v) is 0.311. The third-order valence-corrected chi connectivity index (χ3v) is 0. The van der Waals surface area contributed by atoms with Crippen LogP contribution in [0.1, 0.15) is 0 Å². The van der Waals surface area contributed by atoms with Crippen LogP contribution in [0.5, 0.6) is 0 Å². The van der Waals surface area contributed by atoms with Crippen LogP contribution in [0.15, 0.2) is 0 Å². The molecule has 0 heterocycles. The summed E-state index contributed by atoms with van der Waals surface area (Å²) in [5, 5.41) is 13.9.